The number of benzene rings is 1. The van der Waals surface area contributed by atoms with E-state index in [9.17, 15) is 4.79 Å². The van der Waals surface area contributed by atoms with Gasteiger partial charge in [0.2, 0.25) is 0 Å². The lowest BCUT2D eigenvalue weighted by Gasteiger charge is -2.07. The van der Waals surface area contributed by atoms with Gasteiger partial charge in [0, 0.05) is 18.0 Å². The minimum atomic E-state index is -0.992. The maximum Gasteiger partial charge on any atom is 0.320 e. The Bertz CT molecular complexity index is 508. The Morgan fingerprint density at radius 1 is 1.53 bits per heavy atom. The Labute approximate surface area is 98.3 Å². The number of aromatic nitrogens is 2. The molecule has 0 spiro atoms. The first-order chi connectivity index (χ1) is 8.16. The zero-order valence-corrected chi connectivity index (χ0v) is 9.13. The van der Waals surface area contributed by atoms with E-state index < -0.39 is 12.0 Å². The monoisotopic (exact) mass is 231 g/mol. The van der Waals surface area contributed by atoms with Gasteiger partial charge in [-0.05, 0) is 18.1 Å². The molecule has 1 unspecified atom stereocenters. The number of nitrogens with zero attached hydrogens (tertiary/aromatic N) is 1. The molecule has 0 aliphatic carbocycles. The van der Waals surface area contributed by atoms with Gasteiger partial charge in [0.25, 0.3) is 0 Å². The molecular formula is C12H13N3O2. The Morgan fingerprint density at radius 2 is 2.35 bits per heavy atom. The highest BCUT2D eigenvalue weighted by Gasteiger charge is 2.12. The number of carboxylic acid groups (broad SMARTS) is 1. The second-order valence-corrected chi connectivity index (χ2v) is 3.79. The van der Waals surface area contributed by atoms with E-state index in [1.807, 2.05) is 24.3 Å². The zero-order chi connectivity index (χ0) is 12.3. The highest BCUT2D eigenvalue weighted by atomic mass is 16.4. The van der Waals surface area contributed by atoms with Gasteiger partial charge < -0.3 is 15.8 Å². The molecule has 0 fully saturated rings. The normalized spacial score (nSPS) is 12.3. The molecule has 0 amide bonds. The van der Waals surface area contributed by atoms with Crippen molar-refractivity contribution in [1.82, 2.24) is 9.97 Å². The van der Waals surface area contributed by atoms with Crippen LogP contribution in [0.2, 0.25) is 0 Å². The predicted octanol–water partition coefficient (Wildman–Crippen LogP) is 1.03. The molecule has 88 valence electrons. The molecule has 0 aliphatic heterocycles. The van der Waals surface area contributed by atoms with E-state index >= 15 is 0 Å². The van der Waals surface area contributed by atoms with Crippen LogP contribution in [0.15, 0.2) is 36.7 Å². The van der Waals surface area contributed by atoms with Crippen molar-refractivity contribution in [3.05, 3.63) is 42.2 Å². The molecule has 1 aromatic heterocycles. The van der Waals surface area contributed by atoms with Crippen molar-refractivity contribution in [1.29, 1.82) is 0 Å². The van der Waals surface area contributed by atoms with Crippen molar-refractivity contribution in [3.8, 4) is 11.4 Å². The number of rotatable bonds is 4. The van der Waals surface area contributed by atoms with Crippen LogP contribution in [0.3, 0.4) is 0 Å². The molecule has 5 nitrogen and oxygen atoms in total. The number of nitrogens with one attached hydrogen (secondary N) is 1. The molecule has 5 heteroatoms. The van der Waals surface area contributed by atoms with Gasteiger partial charge in [-0.15, -0.1) is 0 Å². The number of nitrogens with two attached hydrogens (primary N) is 1. The standard InChI is InChI=1S/C12H13N3O2/c13-10(12(16)17)7-8-2-1-3-9(6-8)11-14-4-5-15-11/h1-6,10H,7,13H2,(H,14,15)(H,16,17). The summed E-state index contributed by atoms with van der Waals surface area (Å²) in [6.07, 6.45) is 3.72. The van der Waals surface area contributed by atoms with Crippen molar-refractivity contribution in [2.75, 3.05) is 0 Å². The van der Waals surface area contributed by atoms with Gasteiger partial charge in [-0.25, -0.2) is 4.98 Å². The predicted molar refractivity (Wildman–Crippen MR) is 63.3 cm³/mol. The van der Waals surface area contributed by atoms with Crippen LogP contribution in [0.25, 0.3) is 11.4 Å². The highest BCUT2D eigenvalue weighted by molar-refractivity contribution is 5.73. The lowest BCUT2D eigenvalue weighted by molar-refractivity contribution is -0.138. The average molecular weight is 231 g/mol. The topological polar surface area (TPSA) is 92.0 Å². The second kappa shape index (κ2) is 4.80. The number of aliphatic carboxylic acids is 1. The molecule has 4 N–H and O–H groups in total. The van der Waals surface area contributed by atoms with Gasteiger partial charge in [0.05, 0.1) is 0 Å². The first-order valence-corrected chi connectivity index (χ1v) is 5.24. The van der Waals surface area contributed by atoms with Crippen molar-refractivity contribution in [3.63, 3.8) is 0 Å². The number of hydrogen-bond donors (Lipinski definition) is 3. The number of imidazole rings is 1. The molecular weight excluding hydrogens is 218 g/mol. The van der Waals surface area contributed by atoms with E-state index in [1.165, 1.54) is 0 Å². The van der Waals surface area contributed by atoms with Crippen LogP contribution in [0.1, 0.15) is 5.56 Å². The van der Waals surface area contributed by atoms with E-state index in [1.54, 1.807) is 12.4 Å². The van der Waals surface area contributed by atoms with Crippen LogP contribution in [-0.2, 0) is 11.2 Å². The first-order valence-electron chi connectivity index (χ1n) is 5.24. The third-order valence-corrected chi connectivity index (χ3v) is 2.47. The van der Waals surface area contributed by atoms with Gasteiger partial charge in [0.15, 0.2) is 0 Å². The summed E-state index contributed by atoms with van der Waals surface area (Å²) in [5.41, 5.74) is 7.30. The summed E-state index contributed by atoms with van der Waals surface area (Å²) in [4.78, 5) is 17.8. The molecule has 17 heavy (non-hydrogen) atoms. The summed E-state index contributed by atoms with van der Waals surface area (Å²) >= 11 is 0. The smallest absolute Gasteiger partial charge is 0.320 e. The number of carbonyl (C=O) groups is 1. The lowest BCUT2D eigenvalue weighted by atomic mass is 10.0. The molecule has 1 atom stereocenters. The van der Waals surface area contributed by atoms with E-state index in [2.05, 4.69) is 9.97 Å². The Balaban J connectivity index is 2.20. The molecule has 0 saturated heterocycles. The van der Waals surface area contributed by atoms with Gasteiger partial charge in [-0.3, -0.25) is 4.79 Å². The highest BCUT2D eigenvalue weighted by Crippen LogP contribution is 2.16. The van der Waals surface area contributed by atoms with E-state index in [0.29, 0.717) is 6.42 Å². The average Bonchev–Trinajstić information content (AvgIpc) is 2.82. The summed E-state index contributed by atoms with van der Waals surface area (Å²) in [6.45, 7) is 0. The lowest BCUT2D eigenvalue weighted by Crippen LogP contribution is -2.32. The third-order valence-electron chi connectivity index (χ3n) is 2.47. The summed E-state index contributed by atoms with van der Waals surface area (Å²) in [6, 6.07) is 6.65. The maximum atomic E-state index is 10.7. The molecule has 2 rings (SSSR count). The maximum absolute atomic E-state index is 10.7. The Hall–Kier alpha value is -2.14. The molecule has 1 aromatic carbocycles. The van der Waals surface area contributed by atoms with Crippen LogP contribution in [0.4, 0.5) is 0 Å². The fourth-order valence-corrected chi connectivity index (χ4v) is 1.61. The number of H-pyrrole nitrogens is 1. The van der Waals surface area contributed by atoms with Crippen molar-refractivity contribution in [2.24, 2.45) is 5.73 Å². The van der Waals surface area contributed by atoms with Crippen LogP contribution in [0.5, 0.6) is 0 Å². The van der Waals surface area contributed by atoms with Crippen molar-refractivity contribution in [2.45, 2.75) is 12.5 Å². The molecule has 0 aliphatic rings. The summed E-state index contributed by atoms with van der Waals surface area (Å²) in [5, 5.41) is 8.75. The van der Waals surface area contributed by atoms with Crippen LogP contribution in [-0.4, -0.2) is 27.1 Å². The number of hydrogen-bond acceptors (Lipinski definition) is 3. The molecule has 0 radical (unpaired) electrons. The molecule has 0 bridgehead atoms. The minimum absolute atomic E-state index is 0.309. The van der Waals surface area contributed by atoms with Gasteiger partial charge >= 0.3 is 5.97 Å². The third kappa shape index (κ3) is 2.70. The second-order valence-electron chi connectivity index (χ2n) is 3.79. The van der Waals surface area contributed by atoms with Crippen molar-refractivity contribution >= 4 is 5.97 Å². The van der Waals surface area contributed by atoms with Gasteiger partial charge in [-0.1, -0.05) is 18.2 Å². The number of carboxylic acids is 1. The summed E-state index contributed by atoms with van der Waals surface area (Å²) in [5.74, 6) is -0.232. The largest absolute Gasteiger partial charge is 0.480 e. The summed E-state index contributed by atoms with van der Waals surface area (Å²) in [7, 11) is 0. The van der Waals surface area contributed by atoms with Crippen LogP contribution < -0.4 is 5.73 Å². The van der Waals surface area contributed by atoms with E-state index in [4.69, 9.17) is 10.8 Å². The number of aromatic amines is 1. The Kier molecular flexibility index (Phi) is 3.20. The zero-order valence-electron chi connectivity index (χ0n) is 9.13. The van der Waals surface area contributed by atoms with Crippen molar-refractivity contribution < 1.29 is 9.90 Å². The van der Waals surface area contributed by atoms with Crippen LogP contribution in [0, 0.1) is 0 Å². The first kappa shape index (κ1) is 11.3. The van der Waals surface area contributed by atoms with Gasteiger partial charge in [-0.2, -0.15) is 0 Å². The SMILES string of the molecule is NC(Cc1cccc(-c2ncc[nH]2)c1)C(=O)O. The Morgan fingerprint density at radius 3 is 3.00 bits per heavy atom. The quantitative estimate of drug-likeness (QED) is 0.732. The van der Waals surface area contributed by atoms with E-state index in [0.717, 1.165) is 17.0 Å². The minimum Gasteiger partial charge on any atom is -0.480 e. The molecule has 2 aromatic rings. The van der Waals surface area contributed by atoms with Gasteiger partial charge in [0.1, 0.15) is 11.9 Å². The summed E-state index contributed by atoms with van der Waals surface area (Å²) < 4.78 is 0. The van der Waals surface area contributed by atoms with Crippen LogP contribution >= 0.6 is 0 Å². The molecule has 1 heterocycles. The molecule has 0 saturated carbocycles. The van der Waals surface area contributed by atoms with E-state index in [-0.39, 0.29) is 0 Å². The fraction of sp³-hybridized carbons (Fsp3) is 0.167. The fourth-order valence-electron chi connectivity index (χ4n) is 1.61.